The molecule has 0 aliphatic heterocycles. The van der Waals surface area contributed by atoms with Crippen molar-refractivity contribution >= 4 is 16.7 Å². The molecule has 2 nitrogen and oxygen atoms in total. The van der Waals surface area contributed by atoms with Crippen LogP contribution >= 0.6 is 0 Å². The number of rotatable bonds is 2. The van der Waals surface area contributed by atoms with Crippen LogP contribution in [0.25, 0.3) is 10.8 Å². The normalized spacial score (nSPS) is 9.69. The van der Waals surface area contributed by atoms with Gasteiger partial charge >= 0.3 is 5.97 Å². The summed E-state index contributed by atoms with van der Waals surface area (Å²) in [6, 6.07) is 13.2. The molecule has 0 radical (unpaired) electrons. The van der Waals surface area contributed by atoms with E-state index in [4.69, 9.17) is 11.2 Å². The summed E-state index contributed by atoms with van der Waals surface area (Å²) in [6.07, 6.45) is 5.04. The molecule has 0 heterocycles. The third-order valence-corrected chi connectivity index (χ3v) is 2.30. The van der Waals surface area contributed by atoms with Gasteiger partial charge in [0, 0.05) is 0 Å². The highest BCUT2D eigenvalue weighted by molar-refractivity contribution is 6.04. The predicted octanol–water partition coefficient (Wildman–Crippen LogP) is 2.63. The Kier molecular flexibility index (Phi) is 2.88. The van der Waals surface area contributed by atoms with Crippen LogP contribution in [0.3, 0.4) is 0 Å². The minimum absolute atomic E-state index is 0.00204. The largest absolute Gasteiger partial charge is 0.449 e. The first-order valence-electron chi connectivity index (χ1n) is 4.91. The standard InChI is InChI=1S/C14H10O2/c1-2-10-16-14(15)13-9-5-7-11-6-3-4-8-12(11)13/h1,3-9H,10H2. The van der Waals surface area contributed by atoms with E-state index in [1.807, 2.05) is 36.4 Å². The quantitative estimate of drug-likeness (QED) is 0.562. The molecule has 0 aliphatic rings. The van der Waals surface area contributed by atoms with Gasteiger partial charge in [-0.05, 0) is 16.8 Å². The van der Waals surface area contributed by atoms with Crippen LogP contribution in [0.2, 0.25) is 0 Å². The van der Waals surface area contributed by atoms with Gasteiger partial charge in [-0.1, -0.05) is 42.3 Å². The smallest absolute Gasteiger partial charge is 0.339 e. The van der Waals surface area contributed by atoms with Gasteiger partial charge in [0.05, 0.1) is 5.56 Å². The highest BCUT2D eigenvalue weighted by Crippen LogP contribution is 2.18. The van der Waals surface area contributed by atoms with Crippen molar-refractivity contribution in [3.05, 3.63) is 48.0 Å². The summed E-state index contributed by atoms with van der Waals surface area (Å²) in [5.41, 5.74) is 0.549. The fraction of sp³-hybridized carbons (Fsp3) is 0.0714. The molecule has 2 aromatic rings. The molecule has 0 amide bonds. The lowest BCUT2D eigenvalue weighted by atomic mass is 10.1. The van der Waals surface area contributed by atoms with Gasteiger partial charge in [-0.25, -0.2) is 4.79 Å². The Bertz CT molecular complexity index is 559. The van der Waals surface area contributed by atoms with Crippen LogP contribution in [0.1, 0.15) is 10.4 Å². The van der Waals surface area contributed by atoms with Crippen LogP contribution in [0.4, 0.5) is 0 Å². The molecule has 0 aliphatic carbocycles. The van der Waals surface area contributed by atoms with Crippen molar-refractivity contribution < 1.29 is 9.53 Å². The fourth-order valence-corrected chi connectivity index (χ4v) is 1.59. The van der Waals surface area contributed by atoms with E-state index in [0.29, 0.717) is 5.56 Å². The lowest BCUT2D eigenvalue weighted by Crippen LogP contribution is -2.05. The van der Waals surface area contributed by atoms with E-state index in [0.717, 1.165) is 10.8 Å². The van der Waals surface area contributed by atoms with Crippen LogP contribution < -0.4 is 0 Å². The summed E-state index contributed by atoms with van der Waals surface area (Å²) in [5.74, 6) is 1.89. The van der Waals surface area contributed by atoms with E-state index in [1.54, 1.807) is 6.07 Å². The number of carbonyl (C=O) groups excluding carboxylic acids is 1. The summed E-state index contributed by atoms with van der Waals surface area (Å²) in [6.45, 7) is 0.00204. The SMILES string of the molecule is C#CCOC(=O)c1cccc2ccccc12. The topological polar surface area (TPSA) is 26.3 Å². The van der Waals surface area contributed by atoms with Gasteiger partial charge < -0.3 is 4.74 Å². The summed E-state index contributed by atoms with van der Waals surface area (Å²) >= 11 is 0. The maximum atomic E-state index is 11.7. The zero-order chi connectivity index (χ0) is 11.4. The minimum atomic E-state index is -0.380. The molecule has 78 valence electrons. The second-order valence-corrected chi connectivity index (χ2v) is 3.31. The van der Waals surface area contributed by atoms with Crippen LogP contribution in [-0.2, 0) is 4.74 Å². The van der Waals surface area contributed by atoms with E-state index in [1.165, 1.54) is 0 Å². The molecule has 0 aromatic heterocycles. The van der Waals surface area contributed by atoms with Gasteiger partial charge in [0.1, 0.15) is 0 Å². The summed E-state index contributed by atoms with van der Waals surface area (Å²) in [4.78, 5) is 11.7. The Morgan fingerprint density at radius 1 is 1.19 bits per heavy atom. The average molecular weight is 210 g/mol. The summed E-state index contributed by atoms with van der Waals surface area (Å²) in [7, 11) is 0. The average Bonchev–Trinajstić information content (AvgIpc) is 2.35. The van der Waals surface area contributed by atoms with Gasteiger partial charge in [0.15, 0.2) is 6.61 Å². The fourth-order valence-electron chi connectivity index (χ4n) is 1.59. The summed E-state index contributed by atoms with van der Waals surface area (Å²) < 4.78 is 4.91. The zero-order valence-corrected chi connectivity index (χ0v) is 8.64. The molecule has 0 spiro atoms. The Hall–Kier alpha value is -2.27. The van der Waals surface area contributed by atoms with Crippen molar-refractivity contribution in [3.63, 3.8) is 0 Å². The maximum absolute atomic E-state index is 11.7. The number of ether oxygens (including phenoxy) is 1. The van der Waals surface area contributed by atoms with Gasteiger partial charge in [-0.2, -0.15) is 0 Å². The molecular formula is C14H10O2. The van der Waals surface area contributed by atoms with Crippen LogP contribution in [0.5, 0.6) is 0 Å². The number of hydrogen-bond acceptors (Lipinski definition) is 2. The Balaban J connectivity index is 2.45. The molecule has 0 fully saturated rings. The van der Waals surface area contributed by atoms with Gasteiger partial charge in [0.25, 0.3) is 0 Å². The third kappa shape index (κ3) is 1.89. The molecule has 2 heteroatoms. The Morgan fingerprint density at radius 3 is 2.75 bits per heavy atom. The molecule has 0 saturated carbocycles. The zero-order valence-electron chi connectivity index (χ0n) is 8.64. The van der Waals surface area contributed by atoms with Gasteiger partial charge in [-0.15, -0.1) is 6.42 Å². The molecule has 0 unspecified atom stereocenters. The second kappa shape index (κ2) is 4.50. The van der Waals surface area contributed by atoms with E-state index in [9.17, 15) is 4.79 Å². The number of carbonyl (C=O) groups is 1. The van der Waals surface area contributed by atoms with E-state index in [2.05, 4.69) is 5.92 Å². The Labute approximate surface area is 93.8 Å². The van der Waals surface area contributed by atoms with Crippen LogP contribution in [0, 0.1) is 12.3 Å². The van der Waals surface area contributed by atoms with Crippen molar-refractivity contribution in [1.82, 2.24) is 0 Å². The van der Waals surface area contributed by atoms with Crippen molar-refractivity contribution in [2.45, 2.75) is 0 Å². The second-order valence-electron chi connectivity index (χ2n) is 3.31. The highest BCUT2D eigenvalue weighted by Gasteiger charge is 2.09. The first kappa shape index (κ1) is 10.3. The molecule has 0 saturated heterocycles. The molecule has 0 N–H and O–H groups in total. The van der Waals surface area contributed by atoms with Crippen molar-refractivity contribution in [3.8, 4) is 12.3 Å². The number of terminal acetylenes is 1. The maximum Gasteiger partial charge on any atom is 0.339 e. The van der Waals surface area contributed by atoms with Crippen molar-refractivity contribution in [2.75, 3.05) is 6.61 Å². The molecular weight excluding hydrogens is 200 g/mol. The molecule has 2 aromatic carbocycles. The lowest BCUT2D eigenvalue weighted by Gasteiger charge is -2.04. The summed E-state index contributed by atoms with van der Waals surface area (Å²) in [5, 5.41) is 1.89. The third-order valence-electron chi connectivity index (χ3n) is 2.30. The first-order chi connectivity index (χ1) is 7.83. The lowest BCUT2D eigenvalue weighted by molar-refractivity contribution is 0.0559. The predicted molar refractivity (Wildman–Crippen MR) is 63.1 cm³/mol. The molecule has 0 bridgehead atoms. The molecule has 2 rings (SSSR count). The van der Waals surface area contributed by atoms with E-state index in [-0.39, 0.29) is 12.6 Å². The number of benzene rings is 2. The molecule has 16 heavy (non-hydrogen) atoms. The van der Waals surface area contributed by atoms with Crippen molar-refractivity contribution in [1.29, 1.82) is 0 Å². The van der Waals surface area contributed by atoms with E-state index >= 15 is 0 Å². The number of hydrogen-bond donors (Lipinski definition) is 0. The number of esters is 1. The monoisotopic (exact) mass is 210 g/mol. The van der Waals surface area contributed by atoms with E-state index < -0.39 is 0 Å². The van der Waals surface area contributed by atoms with Crippen LogP contribution in [0.15, 0.2) is 42.5 Å². The first-order valence-corrected chi connectivity index (χ1v) is 4.91. The minimum Gasteiger partial charge on any atom is -0.449 e. The highest BCUT2D eigenvalue weighted by atomic mass is 16.5. The van der Waals surface area contributed by atoms with Crippen LogP contribution in [-0.4, -0.2) is 12.6 Å². The van der Waals surface area contributed by atoms with Gasteiger partial charge in [-0.3, -0.25) is 0 Å². The molecule has 0 atom stereocenters. The number of fused-ring (bicyclic) bond motifs is 1. The van der Waals surface area contributed by atoms with Crippen molar-refractivity contribution in [2.24, 2.45) is 0 Å². The van der Waals surface area contributed by atoms with Gasteiger partial charge in [0.2, 0.25) is 0 Å². The Morgan fingerprint density at radius 2 is 1.94 bits per heavy atom.